The van der Waals surface area contributed by atoms with Gasteiger partial charge in [-0.15, -0.1) is 11.8 Å². The van der Waals surface area contributed by atoms with Crippen molar-refractivity contribution in [1.29, 1.82) is 5.26 Å². The first-order valence-electron chi connectivity index (χ1n) is 9.04. The number of hydrogen-bond donors (Lipinski definition) is 3. The summed E-state index contributed by atoms with van der Waals surface area (Å²) in [6, 6.07) is 16.4. The number of H-pyrrole nitrogens is 1. The molecule has 0 unspecified atom stereocenters. The topological polar surface area (TPSA) is 128 Å². The summed E-state index contributed by atoms with van der Waals surface area (Å²) < 4.78 is 5.09. The number of fused-ring (bicyclic) bond motifs is 2. The predicted octanol–water partition coefficient (Wildman–Crippen LogP) is 3.40. The van der Waals surface area contributed by atoms with E-state index in [0.29, 0.717) is 16.7 Å². The summed E-state index contributed by atoms with van der Waals surface area (Å²) >= 11 is 1.28. The second-order valence-corrected chi connectivity index (χ2v) is 7.74. The number of para-hydroxylation sites is 3. The number of thioether (sulfide) groups is 1. The molecule has 1 atom stereocenters. The van der Waals surface area contributed by atoms with E-state index in [1.165, 1.54) is 11.8 Å². The minimum absolute atomic E-state index is 0.113. The van der Waals surface area contributed by atoms with Gasteiger partial charge in [-0.2, -0.15) is 5.26 Å². The van der Waals surface area contributed by atoms with Gasteiger partial charge in [0.15, 0.2) is 11.6 Å². The smallest absolute Gasteiger partial charge is 0.307 e. The number of allylic oxidation sites excluding steroid dienone is 1. The third kappa shape index (κ3) is 3.99. The number of imidazole rings is 1. The molecule has 0 spiro atoms. The lowest BCUT2D eigenvalue weighted by Crippen LogP contribution is -2.31. The highest BCUT2D eigenvalue weighted by Crippen LogP contribution is 2.36. The molecule has 0 bridgehead atoms. The van der Waals surface area contributed by atoms with Crippen LogP contribution in [0.5, 0.6) is 0 Å². The summed E-state index contributed by atoms with van der Waals surface area (Å²) in [5.74, 6) is -1.17. The van der Waals surface area contributed by atoms with Crippen LogP contribution in [-0.4, -0.2) is 38.8 Å². The van der Waals surface area contributed by atoms with E-state index < -0.39 is 23.6 Å². The largest absolute Gasteiger partial charge is 0.507 e. The first kappa shape index (κ1) is 19.5. The standard InChI is InChI=1S/C21H16N4O4S/c22-10-12(20-23-13-5-1-2-6-14(13)24-20)16(26)11-29-19(27)9-18-21(28)25-15-7-3-4-8-17(15)30-18/h1-8,18,26H,9,11H2,(H,23,24)(H,25,28)/t18-/m0/s1. The second kappa shape index (κ2) is 8.31. The van der Waals surface area contributed by atoms with Gasteiger partial charge in [-0.25, -0.2) is 4.98 Å². The molecule has 3 N–H and O–H groups in total. The fourth-order valence-electron chi connectivity index (χ4n) is 2.98. The van der Waals surface area contributed by atoms with Gasteiger partial charge in [-0.1, -0.05) is 24.3 Å². The fourth-order valence-corrected chi connectivity index (χ4v) is 4.08. The number of aliphatic hydroxyl groups is 1. The van der Waals surface area contributed by atoms with Crippen LogP contribution in [0.4, 0.5) is 5.69 Å². The molecule has 3 aromatic rings. The number of anilines is 1. The highest BCUT2D eigenvalue weighted by molar-refractivity contribution is 8.01. The van der Waals surface area contributed by atoms with E-state index in [1.807, 2.05) is 36.4 Å². The zero-order valence-corrected chi connectivity index (χ0v) is 16.4. The Balaban J connectivity index is 1.41. The number of ether oxygens (including phenoxy) is 1. The van der Waals surface area contributed by atoms with E-state index in [-0.39, 0.29) is 23.7 Å². The Kier molecular flexibility index (Phi) is 5.41. The molecule has 1 aromatic heterocycles. The predicted molar refractivity (Wildman–Crippen MR) is 112 cm³/mol. The van der Waals surface area contributed by atoms with Crippen LogP contribution in [0, 0.1) is 11.3 Å². The molecular formula is C21H16N4O4S. The Morgan fingerprint density at radius 1 is 1.23 bits per heavy atom. The fraction of sp³-hybridized carbons (Fsp3) is 0.143. The Labute approximate surface area is 175 Å². The van der Waals surface area contributed by atoms with Gasteiger partial charge in [-0.3, -0.25) is 9.59 Å². The number of rotatable bonds is 5. The van der Waals surface area contributed by atoms with Gasteiger partial charge in [0, 0.05) is 4.90 Å². The van der Waals surface area contributed by atoms with Crippen molar-refractivity contribution in [3.05, 3.63) is 60.1 Å². The molecule has 8 nitrogen and oxygen atoms in total. The summed E-state index contributed by atoms with van der Waals surface area (Å²) in [5.41, 5.74) is 1.95. The SMILES string of the molecule is N#CC(=C(O)COC(=O)C[C@@H]1Sc2ccccc2NC1=O)c1nc2ccccc2[nH]1. The Morgan fingerprint density at radius 3 is 2.80 bits per heavy atom. The molecular weight excluding hydrogens is 404 g/mol. The zero-order valence-electron chi connectivity index (χ0n) is 15.6. The van der Waals surface area contributed by atoms with E-state index >= 15 is 0 Å². The number of esters is 1. The maximum Gasteiger partial charge on any atom is 0.307 e. The lowest BCUT2D eigenvalue weighted by Gasteiger charge is -2.23. The third-order valence-corrected chi connectivity index (χ3v) is 5.73. The maximum absolute atomic E-state index is 12.2. The number of nitrogens with zero attached hydrogens (tertiary/aromatic N) is 2. The van der Waals surface area contributed by atoms with Gasteiger partial charge in [-0.05, 0) is 24.3 Å². The van der Waals surface area contributed by atoms with Crippen molar-refractivity contribution < 1.29 is 19.4 Å². The molecule has 1 aliphatic heterocycles. The van der Waals surface area contributed by atoms with Crippen molar-refractivity contribution in [2.45, 2.75) is 16.6 Å². The van der Waals surface area contributed by atoms with Gasteiger partial charge in [0.2, 0.25) is 5.91 Å². The second-order valence-electron chi connectivity index (χ2n) is 6.49. The molecule has 9 heteroatoms. The van der Waals surface area contributed by atoms with Crippen LogP contribution in [0.2, 0.25) is 0 Å². The van der Waals surface area contributed by atoms with Crippen LogP contribution < -0.4 is 5.32 Å². The van der Waals surface area contributed by atoms with Crippen molar-refractivity contribution in [3.63, 3.8) is 0 Å². The summed E-state index contributed by atoms with van der Waals surface area (Å²) in [5, 5.41) is 21.8. The number of benzene rings is 2. The molecule has 0 radical (unpaired) electrons. The molecule has 1 aliphatic rings. The number of nitriles is 1. The van der Waals surface area contributed by atoms with E-state index in [9.17, 15) is 20.0 Å². The third-order valence-electron chi connectivity index (χ3n) is 4.46. The molecule has 0 aliphatic carbocycles. The zero-order chi connectivity index (χ0) is 21.1. The van der Waals surface area contributed by atoms with Crippen LogP contribution in [0.25, 0.3) is 16.6 Å². The highest BCUT2D eigenvalue weighted by Gasteiger charge is 2.29. The van der Waals surface area contributed by atoms with Gasteiger partial charge in [0.25, 0.3) is 0 Å². The van der Waals surface area contributed by atoms with Gasteiger partial charge < -0.3 is 20.1 Å². The number of nitrogens with one attached hydrogen (secondary N) is 2. The first-order valence-corrected chi connectivity index (χ1v) is 9.92. The molecule has 2 heterocycles. The van der Waals surface area contributed by atoms with E-state index in [2.05, 4.69) is 15.3 Å². The van der Waals surface area contributed by atoms with Crippen molar-refractivity contribution in [1.82, 2.24) is 9.97 Å². The summed E-state index contributed by atoms with van der Waals surface area (Å²) in [6.07, 6.45) is -0.162. The molecule has 4 rings (SSSR count). The van der Waals surface area contributed by atoms with Gasteiger partial charge in [0.05, 0.1) is 28.4 Å². The van der Waals surface area contributed by atoms with Crippen molar-refractivity contribution >= 4 is 45.9 Å². The summed E-state index contributed by atoms with van der Waals surface area (Å²) in [6.45, 7) is -0.492. The Hall–Kier alpha value is -3.77. The molecule has 0 saturated heterocycles. The molecule has 30 heavy (non-hydrogen) atoms. The van der Waals surface area contributed by atoms with Gasteiger partial charge >= 0.3 is 5.97 Å². The first-order chi connectivity index (χ1) is 14.5. The highest BCUT2D eigenvalue weighted by atomic mass is 32.2. The quantitative estimate of drug-likeness (QED) is 0.328. The molecule has 1 amide bonds. The summed E-state index contributed by atoms with van der Waals surface area (Å²) in [7, 11) is 0. The van der Waals surface area contributed by atoms with Crippen LogP contribution in [0.3, 0.4) is 0 Å². The summed E-state index contributed by atoms with van der Waals surface area (Å²) in [4.78, 5) is 32.5. The normalized spacial score (nSPS) is 16.2. The van der Waals surface area contributed by atoms with Crippen molar-refractivity contribution in [2.75, 3.05) is 11.9 Å². The van der Waals surface area contributed by atoms with E-state index in [1.54, 1.807) is 18.2 Å². The number of aliphatic hydroxyl groups excluding tert-OH is 1. The lowest BCUT2D eigenvalue weighted by molar-refractivity contribution is -0.144. The van der Waals surface area contributed by atoms with Crippen LogP contribution >= 0.6 is 11.8 Å². The minimum Gasteiger partial charge on any atom is -0.507 e. The lowest BCUT2D eigenvalue weighted by atomic mass is 10.2. The van der Waals surface area contributed by atoms with Crippen LogP contribution in [-0.2, 0) is 14.3 Å². The molecule has 2 aromatic carbocycles. The average Bonchev–Trinajstić information content (AvgIpc) is 3.17. The number of carbonyl (C=O) groups excluding carboxylic acids is 2. The van der Waals surface area contributed by atoms with Crippen LogP contribution in [0.15, 0.2) is 59.2 Å². The number of carbonyl (C=O) groups is 2. The van der Waals surface area contributed by atoms with Gasteiger partial charge in [0.1, 0.15) is 18.2 Å². The van der Waals surface area contributed by atoms with E-state index in [0.717, 1.165) is 4.90 Å². The minimum atomic E-state index is -0.657. The maximum atomic E-state index is 12.2. The molecule has 0 saturated carbocycles. The number of amides is 1. The number of aromatic amines is 1. The monoisotopic (exact) mass is 420 g/mol. The van der Waals surface area contributed by atoms with Crippen molar-refractivity contribution in [2.24, 2.45) is 0 Å². The number of aromatic nitrogens is 2. The van der Waals surface area contributed by atoms with Crippen molar-refractivity contribution in [3.8, 4) is 6.07 Å². The van der Waals surface area contributed by atoms with Crippen LogP contribution in [0.1, 0.15) is 12.2 Å². The Morgan fingerprint density at radius 2 is 2.00 bits per heavy atom. The number of hydrogen-bond acceptors (Lipinski definition) is 7. The molecule has 0 fully saturated rings. The average molecular weight is 420 g/mol. The Bertz CT molecular complexity index is 1180. The molecule has 150 valence electrons. The van der Waals surface area contributed by atoms with E-state index in [4.69, 9.17) is 4.74 Å².